The minimum absolute atomic E-state index is 0.0775. The molecule has 6 heteroatoms. The lowest BCUT2D eigenvalue weighted by atomic mass is 9.83. The van der Waals surface area contributed by atoms with Gasteiger partial charge in [-0.05, 0) is 68.4 Å². The summed E-state index contributed by atoms with van der Waals surface area (Å²) in [6, 6.07) is 1.92. The zero-order valence-electron chi connectivity index (χ0n) is 14.5. The average molecular weight is 362 g/mol. The van der Waals surface area contributed by atoms with Gasteiger partial charge in [-0.3, -0.25) is 9.59 Å². The Morgan fingerprint density at radius 3 is 2.80 bits per heavy atom. The Morgan fingerprint density at radius 2 is 2.00 bits per heavy atom. The van der Waals surface area contributed by atoms with Crippen LogP contribution in [0.2, 0.25) is 0 Å². The van der Waals surface area contributed by atoms with Gasteiger partial charge in [0.05, 0.1) is 6.54 Å². The van der Waals surface area contributed by atoms with E-state index in [4.69, 9.17) is 0 Å². The number of nitrogens with one attached hydrogen (secondary N) is 2. The van der Waals surface area contributed by atoms with E-state index in [1.54, 1.807) is 11.3 Å². The summed E-state index contributed by atoms with van der Waals surface area (Å²) in [6.45, 7) is 0.561. The minimum Gasteiger partial charge on any atom is -0.383 e. The van der Waals surface area contributed by atoms with Gasteiger partial charge < -0.3 is 15.7 Å². The van der Waals surface area contributed by atoms with E-state index in [0.29, 0.717) is 13.0 Å². The molecule has 2 aliphatic carbocycles. The minimum atomic E-state index is -1.06. The van der Waals surface area contributed by atoms with Gasteiger partial charge in [0, 0.05) is 11.4 Å². The lowest BCUT2D eigenvalue weighted by molar-refractivity contribution is -0.140. The van der Waals surface area contributed by atoms with Gasteiger partial charge in [-0.25, -0.2) is 0 Å². The van der Waals surface area contributed by atoms with Crippen molar-refractivity contribution in [2.45, 2.75) is 57.0 Å². The van der Waals surface area contributed by atoms with Crippen molar-refractivity contribution < 1.29 is 14.7 Å². The molecule has 1 heterocycles. The number of amides is 2. The monoisotopic (exact) mass is 362 g/mol. The van der Waals surface area contributed by atoms with Gasteiger partial charge in [0.2, 0.25) is 0 Å². The Bertz CT molecular complexity index is 667. The van der Waals surface area contributed by atoms with Crippen LogP contribution in [-0.2, 0) is 21.6 Å². The third-order valence-electron chi connectivity index (χ3n) is 5.11. The van der Waals surface area contributed by atoms with E-state index < -0.39 is 17.4 Å². The maximum absolute atomic E-state index is 12.0. The normalized spacial score (nSPS) is 22.7. The smallest absolute Gasteiger partial charge is 0.309 e. The van der Waals surface area contributed by atoms with Crippen LogP contribution in [-0.4, -0.2) is 30.0 Å². The number of fused-ring (bicyclic) bond motifs is 1. The second kappa shape index (κ2) is 8.15. The number of hydrogen-bond acceptors (Lipinski definition) is 4. The van der Waals surface area contributed by atoms with Crippen LogP contribution >= 0.6 is 11.3 Å². The van der Waals surface area contributed by atoms with Crippen LogP contribution in [0.1, 0.15) is 55.4 Å². The van der Waals surface area contributed by atoms with E-state index in [1.807, 2.05) is 11.4 Å². The molecule has 25 heavy (non-hydrogen) atoms. The summed E-state index contributed by atoms with van der Waals surface area (Å²) in [7, 11) is 0. The maximum atomic E-state index is 12.0. The van der Waals surface area contributed by atoms with Crippen LogP contribution in [0.25, 0.3) is 0 Å². The van der Waals surface area contributed by atoms with Gasteiger partial charge in [0.25, 0.3) is 0 Å². The molecule has 0 bridgehead atoms. The van der Waals surface area contributed by atoms with Gasteiger partial charge in [-0.1, -0.05) is 11.6 Å². The number of carbonyl (C=O) groups is 2. The topological polar surface area (TPSA) is 78.4 Å². The number of aryl methyl sites for hydroxylation is 1. The summed E-state index contributed by atoms with van der Waals surface area (Å²) in [5.74, 6) is -1.30. The molecule has 1 aromatic heterocycles. The van der Waals surface area contributed by atoms with Crippen molar-refractivity contribution in [1.29, 1.82) is 0 Å². The molecule has 2 amide bonds. The summed E-state index contributed by atoms with van der Waals surface area (Å²) in [5, 5.41) is 18.1. The second-order valence-electron chi connectivity index (χ2n) is 6.94. The molecule has 2 aliphatic rings. The first-order valence-corrected chi connectivity index (χ1v) is 10.00. The number of carbonyl (C=O) groups excluding carboxylic acids is 2. The van der Waals surface area contributed by atoms with E-state index in [-0.39, 0.29) is 6.54 Å². The Kier molecular flexibility index (Phi) is 5.91. The van der Waals surface area contributed by atoms with Crippen molar-refractivity contribution in [3.8, 4) is 0 Å². The van der Waals surface area contributed by atoms with Crippen molar-refractivity contribution in [2.24, 2.45) is 0 Å². The van der Waals surface area contributed by atoms with E-state index in [0.717, 1.165) is 37.7 Å². The van der Waals surface area contributed by atoms with Crippen LogP contribution in [0.15, 0.2) is 23.1 Å². The molecular formula is C19H26N2O3S. The first kappa shape index (κ1) is 18.1. The molecule has 0 radical (unpaired) electrons. The summed E-state index contributed by atoms with van der Waals surface area (Å²) in [4.78, 5) is 25.1. The molecule has 0 spiro atoms. The quantitative estimate of drug-likeness (QED) is 0.556. The summed E-state index contributed by atoms with van der Waals surface area (Å²) < 4.78 is 0. The van der Waals surface area contributed by atoms with Gasteiger partial charge in [-0.2, -0.15) is 0 Å². The number of aliphatic hydroxyl groups is 1. The predicted octanol–water partition coefficient (Wildman–Crippen LogP) is 2.39. The molecule has 1 atom stereocenters. The first-order valence-electron chi connectivity index (χ1n) is 9.12. The summed E-state index contributed by atoms with van der Waals surface area (Å²) >= 11 is 1.64. The maximum Gasteiger partial charge on any atom is 0.309 e. The van der Waals surface area contributed by atoms with Gasteiger partial charge in [-0.15, -0.1) is 11.3 Å². The summed E-state index contributed by atoms with van der Waals surface area (Å²) in [5.41, 5.74) is 1.21. The highest BCUT2D eigenvalue weighted by molar-refractivity contribution is 7.10. The number of thiophene rings is 1. The van der Waals surface area contributed by atoms with Crippen LogP contribution in [0.5, 0.6) is 0 Å². The van der Waals surface area contributed by atoms with E-state index in [1.165, 1.54) is 23.3 Å². The standard InChI is InChI=1S/C19H26N2O3S/c22-17(20-11-8-14-5-2-1-3-6-14)18(23)21-13-19(24)10-4-7-16-15(19)9-12-25-16/h5,9,12,24H,1-4,6-8,10-11,13H2,(H,20,22)(H,21,23). The van der Waals surface area contributed by atoms with Crippen LogP contribution < -0.4 is 10.6 Å². The summed E-state index contributed by atoms with van der Waals surface area (Å²) in [6.07, 6.45) is 10.2. The molecule has 0 aliphatic heterocycles. The van der Waals surface area contributed by atoms with Crippen molar-refractivity contribution >= 4 is 23.2 Å². The highest BCUT2D eigenvalue weighted by Gasteiger charge is 2.35. The van der Waals surface area contributed by atoms with Crippen LogP contribution in [0.4, 0.5) is 0 Å². The fourth-order valence-electron chi connectivity index (χ4n) is 3.66. The zero-order chi connectivity index (χ0) is 17.7. The fraction of sp³-hybridized carbons (Fsp3) is 0.579. The lowest BCUT2D eigenvalue weighted by Gasteiger charge is -2.32. The highest BCUT2D eigenvalue weighted by Crippen LogP contribution is 2.37. The molecule has 1 aromatic rings. The van der Waals surface area contributed by atoms with Crippen molar-refractivity contribution in [3.63, 3.8) is 0 Å². The number of rotatable bonds is 5. The first-order chi connectivity index (χ1) is 12.1. The van der Waals surface area contributed by atoms with Gasteiger partial charge in [0.1, 0.15) is 5.60 Å². The number of allylic oxidation sites excluding steroid dienone is 1. The van der Waals surface area contributed by atoms with Gasteiger partial charge in [0.15, 0.2) is 0 Å². The van der Waals surface area contributed by atoms with Crippen LogP contribution in [0, 0.1) is 0 Å². The predicted molar refractivity (Wildman–Crippen MR) is 98.3 cm³/mol. The Hall–Kier alpha value is -1.66. The molecular weight excluding hydrogens is 336 g/mol. The molecule has 136 valence electrons. The van der Waals surface area contributed by atoms with Crippen LogP contribution in [0.3, 0.4) is 0 Å². The number of hydrogen-bond donors (Lipinski definition) is 3. The average Bonchev–Trinajstić information content (AvgIpc) is 3.11. The zero-order valence-corrected chi connectivity index (χ0v) is 15.3. The molecule has 0 fully saturated rings. The van der Waals surface area contributed by atoms with Crippen molar-refractivity contribution in [1.82, 2.24) is 10.6 Å². The third kappa shape index (κ3) is 4.50. The fourth-order valence-corrected chi connectivity index (χ4v) is 4.68. The van der Waals surface area contributed by atoms with E-state index >= 15 is 0 Å². The molecule has 5 nitrogen and oxygen atoms in total. The van der Waals surface area contributed by atoms with Crippen molar-refractivity contribution in [3.05, 3.63) is 33.5 Å². The molecule has 0 saturated heterocycles. The molecule has 3 rings (SSSR count). The van der Waals surface area contributed by atoms with E-state index in [2.05, 4.69) is 16.7 Å². The molecule has 0 aromatic carbocycles. The molecule has 0 saturated carbocycles. The SMILES string of the molecule is O=C(NCCC1=CCCCC1)C(=O)NCC1(O)CCCc2sccc21. The Labute approximate surface area is 152 Å². The lowest BCUT2D eigenvalue weighted by Crippen LogP contribution is -2.47. The Balaban J connectivity index is 1.44. The van der Waals surface area contributed by atoms with E-state index in [9.17, 15) is 14.7 Å². The highest BCUT2D eigenvalue weighted by atomic mass is 32.1. The molecule has 3 N–H and O–H groups in total. The largest absolute Gasteiger partial charge is 0.383 e. The van der Waals surface area contributed by atoms with Crippen molar-refractivity contribution in [2.75, 3.05) is 13.1 Å². The molecule has 1 unspecified atom stereocenters. The Morgan fingerprint density at radius 1 is 1.16 bits per heavy atom. The second-order valence-corrected chi connectivity index (χ2v) is 7.94. The van der Waals surface area contributed by atoms with Gasteiger partial charge >= 0.3 is 11.8 Å². The third-order valence-corrected chi connectivity index (χ3v) is 6.09.